The number of piperidine rings is 1. The van der Waals surface area contributed by atoms with E-state index < -0.39 is 0 Å². The fourth-order valence-electron chi connectivity index (χ4n) is 5.01. The molecule has 1 fully saturated rings. The molecule has 0 radical (unpaired) electrons. The van der Waals surface area contributed by atoms with Crippen LogP contribution in [0.25, 0.3) is 11.1 Å². The first kappa shape index (κ1) is 26.2. The minimum atomic E-state index is -0.271. The van der Waals surface area contributed by atoms with E-state index in [9.17, 15) is 9.18 Å². The zero-order chi connectivity index (χ0) is 26.5. The van der Waals surface area contributed by atoms with Crippen LogP contribution in [-0.4, -0.2) is 35.5 Å². The Morgan fingerprint density at radius 2 is 1.55 bits per heavy atom. The third-order valence-electron chi connectivity index (χ3n) is 7.09. The van der Waals surface area contributed by atoms with Crippen LogP contribution >= 0.6 is 23.2 Å². The highest BCUT2D eigenvalue weighted by Gasteiger charge is 2.33. The third-order valence-corrected chi connectivity index (χ3v) is 7.57. The van der Waals surface area contributed by atoms with Crippen molar-refractivity contribution in [3.8, 4) is 17.0 Å². The summed E-state index contributed by atoms with van der Waals surface area (Å²) in [5, 5.41) is 1.26. The molecule has 3 aromatic carbocycles. The van der Waals surface area contributed by atoms with Gasteiger partial charge in [0.05, 0.1) is 11.6 Å². The summed E-state index contributed by atoms with van der Waals surface area (Å²) >= 11 is 12.1. The fourth-order valence-corrected chi connectivity index (χ4v) is 5.25. The average molecular weight is 549 g/mol. The summed E-state index contributed by atoms with van der Waals surface area (Å²) in [6.07, 6.45) is 3.28. The van der Waals surface area contributed by atoms with E-state index in [1.807, 2.05) is 53.4 Å². The van der Waals surface area contributed by atoms with Crippen molar-refractivity contribution in [1.29, 1.82) is 0 Å². The lowest BCUT2D eigenvalue weighted by atomic mass is 9.79. The van der Waals surface area contributed by atoms with Crippen LogP contribution < -0.4 is 4.74 Å². The Hall–Kier alpha value is -3.41. The van der Waals surface area contributed by atoms with Gasteiger partial charge in [-0.1, -0.05) is 59.6 Å². The second-order valence-electron chi connectivity index (χ2n) is 9.49. The number of benzene rings is 3. The van der Waals surface area contributed by atoms with Gasteiger partial charge in [-0.25, -0.2) is 9.37 Å². The van der Waals surface area contributed by atoms with E-state index in [2.05, 4.69) is 4.98 Å². The second kappa shape index (κ2) is 12.0. The van der Waals surface area contributed by atoms with Gasteiger partial charge in [0.25, 0.3) is 5.91 Å². The summed E-state index contributed by atoms with van der Waals surface area (Å²) in [6.45, 7) is 1.82. The van der Waals surface area contributed by atoms with Gasteiger partial charge >= 0.3 is 0 Å². The van der Waals surface area contributed by atoms with Gasteiger partial charge in [0.2, 0.25) is 5.88 Å². The molecule has 2 heterocycles. The molecular weight excluding hydrogens is 522 g/mol. The minimum Gasteiger partial charge on any atom is -0.478 e. The summed E-state index contributed by atoms with van der Waals surface area (Å²) in [5.74, 6) is 0.787. The highest BCUT2D eigenvalue weighted by molar-refractivity contribution is 6.30. The molecule has 4 aromatic rings. The molecule has 38 heavy (non-hydrogen) atoms. The highest BCUT2D eigenvalue weighted by Crippen LogP contribution is 2.36. The first-order chi connectivity index (χ1) is 18.5. The number of hydrogen-bond donors (Lipinski definition) is 0. The minimum absolute atomic E-state index is 0.00897. The van der Waals surface area contributed by atoms with Crippen molar-refractivity contribution in [2.75, 3.05) is 19.7 Å². The molecule has 1 aliphatic rings. The van der Waals surface area contributed by atoms with E-state index in [0.717, 1.165) is 29.5 Å². The number of rotatable bonds is 7. The van der Waals surface area contributed by atoms with Crippen molar-refractivity contribution in [2.24, 2.45) is 5.92 Å². The molecule has 0 saturated carbocycles. The van der Waals surface area contributed by atoms with Gasteiger partial charge in [-0.05, 0) is 77.9 Å². The summed E-state index contributed by atoms with van der Waals surface area (Å²) in [5.41, 5.74) is 3.65. The lowest BCUT2D eigenvalue weighted by molar-refractivity contribution is 0.0644. The molecule has 1 saturated heterocycles. The number of aromatic nitrogens is 1. The molecule has 0 aliphatic carbocycles. The molecular formula is C31H27Cl2FN2O2. The van der Waals surface area contributed by atoms with Crippen LogP contribution in [0, 0.1) is 11.7 Å². The molecule has 4 nitrogen and oxygen atoms in total. The normalized spacial score (nSPS) is 17.3. The summed E-state index contributed by atoms with van der Waals surface area (Å²) in [4.78, 5) is 19.6. The average Bonchev–Trinajstić information content (AvgIpc) is 2.95. The van der Waals surface area contributed by atoms with Gasteiger partial charge in [0, 0.05) is 41.9 Å². The molecule has 0 spiro atoms. The first-order valence-electron chi connectivity index (χ1n) is 12.6. The van der Waals surface area contributed by atoms with Crippen LogP contribution in [0.4, 0.5) is 4.39 Å². The Bertz CT molecular complexity index is 1360. The summed E-state index contributed by atoms with van der Waals surface area (Å²) in [6, 6.07) is 25.3. The van der Waals surface area contributed by atoms with Gasteiger partial charge < -0.3 is 9.64 Å². The van der Waals surface area contributed by atoms with E-state index in [0.29, 0.717) is 47.1 Å². The van der Waals surface area contributed by atoms with Crippen molar-refractivity contribution in [3.63, 3.8) is 0 Å². The molecule has 5 rings (SSSR count). The van der Waals surface area contributed by atoms with Gasteiger partial charge in [0.15, 0.2) is 0 Å². The number of amides is 1. The van der Waals surface area contributed by atoms with Crippen molar-refractivity contribution in [1.82, 2.24) is 9.88 Å². The maximum absolute atomic E-state index is 13.5. The largest absolute Gasteiger partial charge is 0.478 e. The van der Waals surface area contributed by atoms with Gasteiger partial charge in [-0.15, -0.1) is 0 Å². The standard InChI is InChI=1S/C31H27Cl2FN2O2/c32-26-9-5-23(6-10-26)29-20-36(17-15-24(29)16-18-38-30-14-11-27(33)19-35-30)31(37)25-3-1-21(2-4-25)22-7-12-28(34)13-8-22/h1-14,19,24,29H,15-18,20H2/t24-,29+/m0/s1. The molecule has 1 aliphatic heterocycles. The molecule has 1 aromatic heterocycles. The summed E-state index contributed by atoms with van der Waals surface area (Å²) in [7, 11) is 0. The molecule has 0 N–H and O–H groups in total. The number of hydrogen-bond acceptors (Lipinski definition) is 3. The lowest BCUT2D eigenvalue weighted by Gasteiger charge is -2.39. The Labute approximate surface area is 232 Å². The topological polar surface area (TPSA) is 42.4 Å². The van der Waals surface area contributed by atoms with Crippen LogP contribution in [-0.2, 0) is 0 Å². The van der Waals surface area contributed by atoms with E-state index in [4.69, 9.17) is 27.9 Å². The maximum Gasteiger partial charge on any atom is 0.253 e. The number of nitrogens with zero attached hydrogens (tertiary/aromatic N) is 2. The van der Waals surface area contributed by atoms with Crippen LogP contribution in [0.5, 0.6) is 5.88 Å². The summed E-state index contributed by atoms with van der Waals surface area (Å²) < 4.78 is 19.1. The molecule has 194 valence electrons. The van der Waals surface area contributed by atoms with Crippen molar-refractivity contribution in [2.45, 2.75) is 18.8 Å². The SMILES string of the molecule is O=C(c1ccc(-c2ccc(F)cc2)cc1)N1CC[C@@H](CCOc2ccc(Cl)cn2)[C@@H](c2ccc(Cl)cc2)C1. The number of halogens is 3. The maximum atomic E-state index is 13.5. The Kier molecular flexibility index (Phi) is 8.26. The van der Waals surface area contributed by atoms with Crippen molar-refractivity contribution < 1.29 is 13.9 Å². The van der Waals surface area contributed by atoms with Crippen LogP contribution in [0.1, 0.15) is 34.7 Å². The Balaban J connectivity index is 1.28. The zero-order valence-electron chi connectivity index (χ0n) is 20.7. The first-order valence-corrected chi connectivity index (χ1v) is 13.4. The second-order valence-corrected chi connectivity index (χ2v) is 10.4. The highest BCUT2D eigenvalue weighted by atomic mass is 35.5. The lowest BCUT2D eigenvalue weighted by Crippen LogP contribution is -2.43. The van der Waals surface area contributed by atoms with Crippen LogP contribution in [0.3, 0.4) is 0 Å². The number of pyridine rings is 1. The molecule has 0 bridgehead atoms. The van der Waals surface area contributed by atoms with Gasteiger partial charge in [0.1, 0.15) is 5.82 Å². The smallest absolute Gasteiger partial charge is 0.253 e. The number of likely N-dealkylation sites (tertiary alicyclic amines) is 1. The molecule has 0 unspecified atom stereocenters. The molecule has 1 amide bonds. The fraction of sp³-hybridized carbons (Fsp3) is 0.226. The van der Waals surface area contributed by atoms with Gasteiger partial charge in [-0.3, -0.25) is 4.79 Å². The van der Waals surface area contributed by atoms with Crippen molar-refractivity contribution >= 4 is 29.1 Å². The number of carbonyl (C=O) groups excluding carboxylic acids is 1. The van der Waals surface area contributed by atoms with Crippen LogP contribution in [0.2, 0.25) is 10.0 Å². The van der Waals surface area contributed by atoms with Gasteiger partial charge in [-0.2, -0.15) is 0 Å². The molecule has 2 atom stereocenters. The quantitative estimate of drug-likeness (QED) is 0.235. The van der Waals surface area contributed by atoms with Crippen molar-refractivity contribution in [3.05, 3.63) is 118 Å². The predicted octanol–water partition coefficient (Wildman–Crippen LogP) is 7.91. The third kappa shape index (κ3) is 6.35. The Morgan fingerprint density at radius 3 is 2.21 bits per heavy atom. The Morgan fingerprint density at radius 1 is 0.895 bits per heavy atom. The van der Waals surface area contributed by atoms with E-state index in [1.54, 1.807) is 30.5 Å². The number of carbonyl (C=O) groups is 1. The monoisotopic (exact) mass is 548 g/mol. The predicted molar refractivity (Wildman–Crippen MR) is 149 cm³/mol. The van der Waals surface area contributed by atoms with E-state index in [-0.39, 0.29) is 17.6 Å². The van der Waals surface area contributed by atoms with E-state index >= 15 is 0 Å². The van der Waals surface area contributed by atoms with E-state index in [1.165, 1.54) is 12.1 Å². The van der Waals surface area contributed by atoms with Crippen LogP contribution in [0.15, 0.2) is 91.1 Å². The molecule has 7 heteroatoms. The zero-order valence-corrected chi connectivity index (χ0v) is 22.2. The number of ether oxygens (including phenoxy) is 1.